The molecule has 6 heteroatoms. The summed E-state index contributed by atoms with van der Waals surface area (Å²) >= 11 is 0. The van der Waals surface area contributed by atoms with E-state index in [1.807, 2.05) is 36.7 Å². The number of allylic oxidation sites excluding steroid dienone is 1. The molecule has 1 aromatic heterocycles. The van der Waals surface area contributed by atoms with Gasteiger partial charge in [-0.2, -0.15) is 5.10 Å². The van der Waals surface area contributed by atoms with Crippen LogP contribution < -0.4 is 5.32 Å². The van der Waals surface area contributed by atoms with Crippen LogP contribution in [0.4, 0.5) is 0 Å². The Bertz CT molecular complexity index is 1040. The lowest BCUT2D eigenvalue weighted by Crippen LogP contribution is -2.65. The number of benzene rings is 1. The molecule has 5 aliphatic carbocycles. The van der Waals surface area contributed by atoms with Crippen molar-refractivity contribution >= 4 is 17.3 Å². The molecule has 0 radical (unpaired) electrons. The molecule has 31 heavy (non-hydrogen) atoms. The van der Waals surface area contributed by atoms with E-state index in [0.29, 0.717) is 23.8 Å². The third-order valence-corrected chi connectivity index (χ3v) is 8.10. The van der Waals surface area contributed by atoms with E-state index in [1.165, 1.54) is 6.42 Å². The Morgan fingerprint density at radius 1 is 1.10 bits per heavy atom. The molecule has 2 unspecified atom stereocenters. The molecule has 0 saturated heterocycles. The standard InChI is InChI=1S/C25H28N4O2/c30-22-7-6-20(19-4-2-1-3-5-19)21(22)9-23(31)28-24-10-17-8-18(11-24)13-25(12-17,14-24)29-16-26-15-27-29/h1-5,15-18H,6-14H2,(H,28,31). The van der Waals surface area contributed by atoms with Gasteiger partial charge in [0.15, 0.2) is 5.78 Å². The minimum Gasteiger partial charge on any atom is -0.350 e. The number of rotatable bonds is 5. The van der Waals surface area contributed by atoms with Crippen molar-refractivity contribution in [3.8, 4) is 0 Å². The first-order valence-electron chi connectivity index (χ1n) is 11.5. The van der Waals surface area contributed by atoms with Crippen LogP contribution in [0, 0.1) is 11.8 Å². The molecule has 7 rings (SSSR count). The molecule has 4 fully saturated rings. The van der Waals surface area contributed by atoms with Gasteiger partial charge in [0.1, 0.15) is 12.7 Å². The summed E-state index contributed by atoms with van der Waals surface area (Å²) in [6.07, 6.45) is 11.4. The van der Waals surface area contributed by atoms with E-state index in [4.69, 9.17) is 0 Å². The van der Waals surface area contributed by atoms with Crippen molar-refractivity contribution in [2.75, 3.05) is 0 Å². The van der Waals surface area contributed by atoms with Gasteiger partial charge in [-0.3, -0.25) is 9.59 Å². The third kappa shape index (κ3) is 3.15. The van der Waals surface area contributed by atoms with E-state index in [0.717, 1.165) is 49.7 Å². The fourth-order valence-electron chi connectivity index (χ4n) is 7.45. The molecule has 1 amide bonds. The first-order chi connectivity index (χ1) is 15.0. The van der Waals surface area contributed by atoms with Gasteiger partial charge < -0.3 is 5.32 Å². The van der Waals surface area contributed by atoms with E-state index in [1.54, 1.807) is 6.33 Å². The number of ketones is 1. The highest BCUT2D eigenvalue weighted by atomic mass is 16.2. The summed E-state index contributed by atoms with van der Waals surface area (Å²) in [7, 11) is 0. The zero-order valence-electron chi connectivity index (χ0n) is 17.7. The van der Waals surface area contributed by atoms with Crippen LogP contribution in [0.5, 0.6) is 0 Å². The third-order valence-electron chi connectivity index (χ3n) is 8.10. The van der Waals surface area contributed by atoms with Gasteiger partial charge in [-0.05, 0) is 67.9 Å². The molecule has 4 bridgehead atoms. The van der Waals surface area contributed by atoms with E-state index in [2.05, 4.69) is 20.1 Å². The van der Waals surface area contributed by atoms with Crippen LogP contribution in [-0.2, 0) is 15.1 Å². The maximum atomic E-state index is 13.3. The van der Waals surface area contributed by atoms with Crippen molar-refractivity contribution in [1.82, 2.24) is 20.1 Å². The quantitative estimate of drug-likeness (QED) is 0.807. The summed E-state index contributed by atoms with van der Waals surface area (Å²) in [5.74, 6) is 1.36. The molecular weight excluding hydrogens is 388 g/mol. The van der Waals surface area contributed by atoms with Crippen molar-refractivity contribution in [2.45, 2.75) is 68.9 Å². The number of hydrogen-bond donors (Lipinski definition) is 1. The van der Waals surface area contributed by atoms with Crippen LogP contribution in [0.1, 0.15) is 63.4 Å². The molecule has 2 aromatic rings. The highest BCUT2D eigenvalue weighted by molar-refractivity contribution is 6.10. The van der Waals surface area contributed by atoms with E-state index < -0.39 is 0 Å². The first kappa shape index (κ1) is 19.0. The molecular formula is C25H28N4O2. The Hall–Kier alpha value is -2.76. The number of nitrogens with one attached hydrogen (secondary N) is 1. The predicted molar refractivity (Wildman–Crippen MR) is 116 cm³/mol. The van der Waals surface area contributed by atoms with E-state index in [9.17, 15) is 9.59 Å². The van der Waals surface area contributed by atoms with E-state index in [-0.39, 0.29) is 29.2 Å². The number of nitrogens with zero attached hydrogens (tertiary/aromatic N) is 3. The number of Topliss-reactive ketones (excluding diaryl/α,β-unsaturated/α-hetero) is 1. The normalized spacial score (nSPS) is 33.9. The SMILES string of the molecule is O=C(CC1=C(c2ccccc2)CCC1=O)NC12CC3CC(C1)CC(n1cncn1)(C3)C2. The van der Waals surface area contributed by atoms with Gasteiger partial charge in [-0.15, -0.1) is 0 Å². The number of aromatic nitrogens is 3. The molecule has 6 nitrogen and oxygen atoms in total. The lowest BCUT2D eigenvalue weighted by Gasteiger charge is -2.61. The summed E-state index contributed by atoms with van der Waals surface area (Å²) in [5, 5.41) is 7.94. The van der Waals surface area contributed by atoms with Crippen LogP contribution >= 0.6 is 0 Å². The fourth-order valence-corrected chi connectivity index (χ4v) is 7.45. The van der Waals surface area contributed by atoms with Gasteiger partial charge in [-0.1, -0.05) is 30.3 Å². The Labute approximate surface area is 182 Å². The van der Waals surface area contributed by atoms with Crippen molar-refractivity contribution in [2.24, 2.45) is 11.8 Å². The van der Waals surface area contributed by atoms with Crippen LogP contribution in [0.15, 0.2) is 48.6 Å². The van der Waals surface area contributed by atoms with Gasteiger partial charge in [-0.25, -0.2) is 9.67 Å². The Kier molecular flexibility index (Phi) is 4.20. The van der Waals surface area contributed by atoms with Crippen LogP contribution in [-0.4, -0.2) is 32.0 Å². The smallest absolute Gasteiger partial charge is 0.224 e. The summed E-state index contributed by atoms with van der Waals surface area (Å²) in [6.45, 7) is 0. The van der Waals surface area contributed by atoms with Crippen molar-refractivity contribution in [3.05, 3.63) is 54.1 Å². The van der Waals surface area contributed by atoms with E-state index >= 15 is 0 Å². The average Bonchev–Trinajstić information content (AvgIpc) is 3.39. The number of carbonyl (C=O) groups excluding carboxylic acids is 2. The van der Waals surface area contributed by atoms with Gasteiger partial charge in [0.2, 0.25) is 5.91 Å². The summed E-state index contributed by atoms with van der Waals surface area (Å²) < 4.78 is 2.06. The van der Waals surface area contributed by atoms with Gasteiger partial charge >= 0.3 is 0 Å². The molecule has 160 valence electrons. The maximum absolute atomic E-state index is 13.3. The van der Waals surface area contributed by atoms with Crippen molar-refractivity contribution in [1.29, 1.82) is 0 Å². The zero-order valence-corrected chi connectivity index (χ0v) is 17.7. The second-order valence-corrected chi connectivity index (χ2v) is 10.3. The summed E-state index contributed by atoms with van der Waals surface area (Å²) in [6, 6.07) is 10.0. The molecule has 1 aromatic carbocycles. The van der Waals surface area contributed by atoms with Gasteiger partial charge in [0.05, 0.1) is 12.0 Å². The zero-order chi connectivity index (χ0) is 21.1. The van der Waals surface area contributed by atoms with Crippen molar-refractivity contribution in [3.63, 3.8) is 0 Å². The lowest BCUT2D eigenvalue weighted by atomic mass is 9.50. The number of amides is 1. The highest BCUT2D eigenvalue weighted by Crippen LogP contribution is 2.60. The minimum absolute atomic E-state index is 0.00521. The topological polar surface area (TPSA) is 76.9 Å². The number of hydrogen-bond acceptors (Lipinski definition) is 4. The van der Waals surface area contributed by atoms with Crippen molar-refractivity contribution < 1.29 is 9.59 Å². The fraction of sp³-hybridized carbons (Fsp3) is 0.520. The molecule has 1 N–H and O–H groups in total. The molecule has 4 saturated carbocycles. The first-order valence-corrected chi connectivity index (χ1v) is 11.5. The second kappa shape index (κ2) is 6.87. The number of carbonyl (C=O) groups is 2. The molecule has 1 heterocycles. The maximum Gasteiger partial charge on any atom is 0.224 e. The predicted octanol–water partition coefficient (Wildman–Crippen LogP) is 3.65. The van der Waals surface area contributed by atoms with Gasteiger partial charge in [0.25, 0.3) is 0 Å². The Morgan fingerprint density at radius 3 is 2.58 bits per heavy atom. The molecule has 0 aliphatic heterocycles. The lowest BCUT2D eigenvalue weighted by molar-refractivity contribution is -0.130. The van der Waals surface area contributed by atoms with Crippen LogP contribution in [0.2, 0.25) is 0 Å². The largest absolute Gasteiger partial charge is 0.350 e. The molecule has 5 aliphatic rings. The van der Waals surface area contributed by atoms with Crippen LogP contribution in [0.25, 0.3) is 5.57 Å². The summed E-state index contributed by atoms with van der Waals surface area (Å²) in [5.41, 5.74) is 2.62. The second-order valence-electron chi connectivity index (χ2n) is 10.3. The van der Waals surface area contributed by atoms with Gasteiger partial charge in [0, 0.05) is 17.5 Å². The Balaban J connectivity index is 1.25. The highest BCUT2D eigenvalue weighted by Gasteiger charge is 2.59. The molecule has 2 atom stereocenters. The average molecular weight is 417 g/mol. The molecule has 0 spiro atoms. The Morgan fingerprint density at radius 2 is 1.87 bits per heavy atom. The monoisotopic (exact) mass is 416 g/mol. The summed E-state index contributed by atoms with van der Waals surface area (Å²) in [4.78, 5) is 30.1. The van der Waals surface area contributed by atoms with Crippen LogP contribution in [0.3, 0.4) is 0 Å². The minimum atomic E-state index is -0.178.